The number of hydrogen-bond acceptors (Lipinski definition) is 3. The van der Waals surface area contributed by atoms with Crippen molar-refractivity contribution in [2.45, 2.75) is 6.42 Å². The molecule has 1 aliphatic heterocycles. The van der Waals surface area contributed by atoms with Crippen LogP contribution >= 0.6 is 0 Å². The molecule has 1 heterocycles. The van der Waals surface area contributed by atoms with E-state index >= 15 is 0 Å². The van der Waals surface area contributed by atoms with Gasteiger partial charge >= 0.3 is 11.9 Å². The van der Waals surface area contributed by atoms with E-state index in [2.05, 4.69) is 24.1 Å². The van der Waals surface area contributed by atoms with Crippen molar-refractivity contribution in [3.8, 4) is 0 Å². The Hall–Kier alpha value is -1.36. The molecule has 0 aliphatic carbocycles. The lowest BCUT2D eigenvalue weighted by Crippen LogP contribution is -2.21. The van der Waals surface area contributed by atoms with E-state index in [0.717, 1.165) is 6.54 Å². The highest BCUT2D eigenvalue weighted by Crippen LogP contribution is 1.95. The van der Waals surface area contributed by atoms with Gasteiger partial charge < -0.3 is 15.1 Å². The van der Waals surface area contributed by atoms with Gasteiger partial charge in [0, 0.05) is 13.1 Å². The van der Waals surface area contributed by atoms with Crippen LogP contribution in [0.3, 0.4) is 0 Å². The first-order valence-corrected chi connectivity index (χ1v) is 3.83. The summed E-state index contributed by atoms with van der Waals surface area (Å²) in [5, 5.41) is 14.8. The highest BCUT2D eigenvalue weighted by Gasteiger charge is 2.04. The zero-order valence-electron chi connectivity index (χ0n) is 7.43. The van der Waals surface area contributed by atoms with Crippen molar-refractivity contribution in [2.75, 3.05) is 20.1 Å². The van der Waals surface area contributed by atoms with Crippen LogP contribution in [-0.2, 0) is 9.59 Å². The summed E-state index contributed by atoms with van der Waals surface area (Å²) in [7, 11) is 2.14. The standard InChI is InChI=1S/C6H11N.C2H2O4/c1-7-5-3-2-4-6-7;3-1(4)2(5)6/h2-3H,4-6H2,1H3;(H,3,4)(H,5,6). The van der Waals surface area contributed by atoms with Gasteiger partial charge in [0.15, 0.2) is 0 Å². The Bertz CT molecular complexity index is 200. The monoisotopic (exact) mass is 187 g/mol. The SMILES string of the molecule is CN1CC=CCC1.O=C(O)C(=O)O. The second-order valence-corrected chi connectivity index (χ2v) is 2.63. The van der Waals surface area contributed by atoms with Crippen LogP contribution in [0, 0.1) is 0 Å². The van der Waals surface area contributed by atoms with Crippen LogP contribution in [0.15, 0.2) is 12.2 Å². The molecule has 0 spiro atoms. The van der Waals surface area contributed by atoms with Gasteiger partial charge in [0.05, 0.1) is 0 Å². The number of carboxylic acid groups (broad SMARTS) is 2. The number of hydrogen-bond donors (Lipinski definition) is 2. The van der Waals surface area contributed by atoms with Gasteiger partial charge in [0.1, 0.15) is 0 Å². The lowest BCUT2D eigenvalue weighted by Gasteiger charge is -2.15. The van der Waals surface area contributed by atoms with E-state index < -0.39 is 11.9 Å². The number of carbonyl (C=O) groups is 2. The maximum atomic E-state index is 9.10. The van der Waals surface area contributed by atoms with E-state index in [9.17, 15) is 0 Å². The van der Waals surface area contributed by atoms with E-state index in [0.29, 0.717) is 0 Å². The van der Waals surface area contributed by atoms with Crippen LogP contribution in [0.25, 0.3) is 0 Å². The number of rotatable bonds is 0. The molecule has 0 radical (unpaired) electrons. The first-order valence-electron chi connectivity index (χ1n) is 3.83. The molecule has 13 heavy (non-hydrogen) atoms. The van der Waals surface area contributed by atoms with Gasteiger partial charge in [0.25, 0.3) is 0 Å². The van der Waals surface area contributed by atoms with Gasteiger partial charge in [-0.1, -0.05) is 12.2 Å². The average molecular weight is 187 g/mol. The molecule has 1 aliphatic rings. The van der Waals surface area contributed by atoms with Crippen LogP contribution in [0.1, 0.15) is 6.42 Å². The molecular formula is C8H13NO4. The summed E-state index contributed by atoms with van der Waals surface area (Å²) < 4.78 is 0. The van der Waals surface area contributed by atoms with Crippen LogP contribution in [0.5, 0.6) is 0 Å². The number of carboxylic acids is 2. The zero-order valence-corrected chi connectivity index (χ0v) is 7.43. The smallest absolute Gasteiger partial charge is 0.414 e. The van der Waals surface area contributed by atoms with E-state index in [4.69, 9.17) is 19.8 Å². The molecule has 5 nitrogen and oxygen atoms in total. The highest BCUT2D eigenvalue weighted by atomic mass is 16.4. The fraction of sp³-hybridized carbons (Fsp3) is 0.500. The predicted molar refractivity (Wildman–Crippen MR) is 46.5 cm³/mol. The summed E-state index contributed by atoms with van der Waals surface area (Å²) in [4.78, 5) is 20.5. The predicted octanol–water partition coefficient (Wildman–Crippen LogP) is 0.0337. The van der Waals surface area contributed by atoms with E-state index in [1.54, 1.807) is 0 Å². The lowest BCUT2D eigenvalue weighted by molar-refractivity contribution is -0.159. The first-order chi connectivity index (χ1) is 6.04. The van der Waals surface area contributed by atoms with Crippen LogP contribution < -0.4 is 0 Å². The first kappa shape index (κ1) is 11.6. The van der Waals surface area contributed by atoms with Crippen molar-refractivity contribution in [1.82, 2.24) is 4.90 Å². The number of nitrogens with zero attached hydrogens (tertiary/aromatic N) is 1. The Morgan fingerprint density at radius 1 is 1.23 bits per heavy atom. The minimum absolute atomic E-state index is 1.14. The Morgan fingerprint density at radius 3 is 1.92 bits per heavy atom. The molecule has 2 N–H and O–H groups in total. The van der Waals surface area contributed by atoms with Gasteiger partial charge in [-0.3, -0.25) is 0 Å². The summed E-state index contributed by atoms with van der Waals surface area (Å²) in [5.74, 6) is -3.65. The lowest BCUT2D eigenvalue weighted by atomic mass is 10.3. The Kier molecular flexibility index (Phi) is 5.54. The summed E-state index contributed by atoms with van der Waals surface area (Å²) in [5.41, 5.74) is 0. The van der Waals surface area contributed by atoms with Crippen molar-refractivity contribution >= 4 is 11.9 Å². The Labute approximate surface area is 76.3 Å². The summed E-state index contributed by atoms with van der Waals surface area (Å²) in [6.07, 6.45) is 5.68. The third-order valence-electron chi connectivity index (χ3n) is 1.44. The second-order valence-electron chi connectivity index (χ2n) is 2.63. The number of likely N-dealkylation sites (N-methyl/N-ethyl adjacent to an activating group) is 1. The Morgan fingerprint density at radius 2 is 1.77 bits per heavy atom. The molecule has 0 saturated carbocycles. The molecule has 0 aromatic rings. The maximum absolute atomic E-state index is 9.10. The summed E-state index contributed by atoms with van der Waals surface area (Å²) in [6, 6.07) is 0. The van der Waals surface area contributed by atoms with Gasteiger partial charge in [0.2, 0.25) is 0 Å². The van der Waals surface area contributed by atoms with Crippen molar-refractivity contribution in [3.05, 3.63) is 12.2 Å². The fourth-order valence-corrected chi connectivity index (χ4v) is 0.759. The Balaban J connectivity index is 0.000000226. The van der Waals surface area contributed by atoms with Crippen molar-refractivity contribution in [2.24, 2.45) is 0 Å². The minimum Gasteiger partial charge on any atom is -0.473 e. The van der Waals surface area contributed by atoms with Crippen LogP contribution in [0.4, 0.5) is 0 Å². The maximum Gasteiger partial charge on any atom is 0.414 e. The van der Waals surface area contributed by atoms with E-state index in [1.807, 2.05) is 0 Å². The topological polar surface area (TPSA) is 77.8 Å². The average Bonchev–Trinajstić information content (AvgIpc) is 2.06. The normalized spacial score (nSPS) is 15.8. The minimum atomic E-state index is -1.82. The van der Waals surface area contributed by atoms with Gasteiger partial charge in [-0.05, 0) is 13.5 Å². The van der Waals surface area contributed by atoms with Gasteiger partial charge in [-0.15, -0.1) is 0 Å². The molecule has 0 aromatic heterocycles. The third kappa shape index (κ3) is 7.02. The van der Waals surface area contributed by atoms with Gasteiger partial charge in [-0.25, -0.2) is 9.59 Å². The molecular weight excluding hydrogens is 174 g/mol. The zero-order chi connectivity index (χ0) is 10.3. The molecule has 0 saturated heterocycles. The third-order valence-corrected chi connectivity index (χ3v) is 1.44. The molecule has 0 bridgehead atoms. The largest absolute Gasteiger partial charge is 0.473 e. The van der Waals surface area contributed by atoms with Crippen molar-refractivity contribution < 1.29 is 19.8 Å². The molecule has 1 rings (SSSR count). The molecule has 0 atom stereocenters. The number of aliphatic carboxylic acids is 2. The van der Waals surface area contributed by atoms with E-state index in [1.165, 1.54) is 13.0 Å². The van der Waals surface area contributed by atoms with Gasteiger partial charge in [-0.2, -0.15) is 0 Å². The molecule has 0 amide bonds. The van der Waals surface area contributed by atoms with Crippen LogP contribution in [0.2, 0.25) is 0 Å². The fourth-order valence-electron chi connectivity index (χ4n) is 0.759. The van der Waals surface area contributed by atoms with Crippen molar-refractivity contribution in [3.63, 3.8) is 0 Å². The van der Waals surface area contributed by atoms with Crippen LogP contribution in [-0.4, -0.2) is 47.2 Å². The van der Waals surface area contributed by atoms with E-state index in [-0.39, 0.29) is 0 Å². The molecule has 74 valence electrons. The highest BCUT2D eigenvalue weighted by molar-refractivity contribution is 6.27. The summed E-state index contributed by atoms with van der Waals surface area (Å²) in [6.45, 7) is 2.37. The molecule has 0 fully saturated rings. The second kappa shape index (κ2) is 6.19. The molecule has 0 unspecified atom stereocenters. The molecule has 0 aromatic carbocycles. The van der Waals surface area contributed by atoms with Crippen molar-refractivity contribution in [1.29, 1.82) is 0 Å². The quantitative estimate of drug-likeness (QED) is 0.413. The molecule has 5 heteroatoms. The summed E-state index contributed by atoms with van der Waals surface area (Å²) >= 11 is 0.